The zero-order valence-electron chi connectivity index (χ0n) is 17.7. The summed E-state index contributed by atoms with van der Waals surface area (Å²) in [5.74, 6) is -0.266. The van der Waals surface area contributed by atoms with E-state index in [-0.39, 0.29) is 35.8 Å². The molecule has 168 valence electrons. The van der Waals surface area contributed by atoms with Crippen molar-refractivity contribution in [2.45, 2.75) is 31.6 Å². The lowest BCUT2D eigenvalue weighted by molar-refractivity contribution is -0.121. The topological polar surface area (TPSA) is 105 Å². The maximum Gasteiger partial charge on any atom is 0.322 e. The molecule has 0 atom stereocenters. The highest BCUT2D eigenvalue weighted by molar-refractivity contribution is 7.89. The molecular weight excluding hydrogens is 452 g/mol. The summed E-state index contributed by atoms with van der Waals surface area (Å²) in [5, 5.41) is 11.1. The van der Waals surface area contributed by atoms with E-state index in [1.54, 1.807) is 12.1 Å². The number of aryl methyl sites for hydroxylation is 2. The van der Waals surface area contributed by atoms with Gasteiger partial charge in [-0.2, -0.15) is 4.31 Å². The molecule has 1 saturated heterocycles. The van der Waals surface area contributed by atoms with Crippen molar-refractivity contribution in [3.8, 4) is 11.5 Å². The van der Waals surface area contributed by atoms with Crippen LogP contribution in [-0.2, 0) is 14.8 Å². The van der Waals surface area contributed by atoms with Crippen LogP contribution in [-0.4, -0.2) is 41.9 Å². The molecule has 1 aromatic heterocycles. The highest BCUT2D eigenvalue weighted by Crippen LogP contribution is 2.27. The minimum atomic E-state index is -3.62. The standard InChI is InChI=1S/C22H23ClN4O4S/c1-14-3-4-15(2)19(13-14)21-25-26-22(31-21)24-20(28)16-9-11-27(12-10-16)32(29,30)18-7-5-17(23)6-8-18/h3-8,13,16H,9-12H2,1-2H3,(H,24,26,28). The van der Waals surface area contributed by atoms with Gasteiger partial charge in [-0.25, -0.2) is 8.42 Å². The van der Waals surface area contributed by atoms with E-state index >= 15 is 0 Å². The van der Waals surface area contributed by atoms with Gasteiger partial charge in [-0.1, -0.05) is 34.4 Å². The number of anilines is 1. The molecule has 8 nitrogen and oxygen atoms in total. The van der Waals surface area contributed by atoms with Crippen LogP contribution in [0.2, 0.25) is 5.02 Å². The molecule has 3 aromatic rings. The summed E-state index contributed by atoms with van der Waals surface area (Å²) in [6.07, 6.45) is 0.799. The molecule has 0 bridgehead atoms. The number of benzene rings is 2. The van der Waals surface area contributed by atoms with Crippen LogP contribution in [0.4, 0.5) is 6.01 Å². The van der Waals surface area contributed by atoms with Crippen LogP contribution in [0.25, 0.3) is 11.5 Å². The van der Waals surface area contributed by atoms with Crippen molar-refractivity contribution < 1.29 is 17.6 Å². The Balaban J connectivity index is 1.38. The first-order chi connectivity index (χ1) is 15.2. The number of piperidine rings is 1. The molecule has 2 heterocycles. The smallest absolute Gasteiger partial charge is 0.322 e. The maximum absolute atomic E-state index is 12.8. The Bertz CT molecular complexity index is 1230. The molecule has 0 unspecified atom stereocenters. The Morgan fingerprint density at radius 3 is 2.47 bits per heavy atom. The van der Waals surface area contributed by atoms with E-state index < -0.39 is 10.0 Å². The Morgan fingerprint density at radius 1 is 1.09 bits per heavy atom. The molecule has 10 heteroatoms. The van der Waals surface area contributed by atoms with E-state index in [2.05, 4.69) is 15.5 Å². The van der Waals surface area contributed by atoms with Crippen LogP contribution in [0.1, 0.15) is 24.0 Å². The number of hydrogen-bond acceptors (Lipinski definition) is 6. The number of halogens is 1. The number of nitrogens with zero attached hydrogens (tertiary/aromatic N) is 3. The summed E-state index contributed by atoms with van der Waals surface area (Å²) in [7, 11) is -3.62. The minimum Gasteiger partial charge on any atom is -0.403 e. The van der Waals surface area contributed by atoms with Gasteiger partial charge in [-0.3, -0.25) is 10.1 Å². The predicted molar refractivity (Wildman–Crippen MR) is 121 cm³/mol. The summed E-state index contributed by atoms with van der Waals surface area (Å²) >= 11 is 5.85. The fourth-order valence-corrected chi connectivity index (χ4v) is 5.27. The van der Waals surface area contributed by atoms with Gasteiger partial charge >= 0.3 is 6.01 Å². The van der Waals surface area contributed by atoms with Gasteiger partial charge in [0.1, 0.15) is 0 Å². The average molecular weight is 475 g/mol. The SMILES string of the molecule is Cc1ccc(C)c(-c2nnc(NC(=O)C3CCN(S(=O)(=O)c4ccc(Cl)cc4)CC3)o2)c1. The van der Waals surface area contributed by atoms with Crippen molar-refractivity contribution in [1.82, 2.24) is 14.5 Å². The average Bonchev–Trinajstić information content (AvgIpc) is 3.24. The summed E-state index contributed by atoms with van der Waals surface area (Å²) < 4.78 is 32.6. The predicted octanol–water partition coefficient (Wildman–Crippen LogP) is 4.05. The molecule has 2 aromatic carbocycles. The molecule has 4 rings (SSSR count). The third-order valence-corrected chi connectivity index (χ3v) is 7.72. The number of nitrogens with one attached hydrogen (secondary N) is 1. The number of amides is 1. The van der Waals surface area contributed by atoms with Crippen molar-refractivity contribution in [3.05, 3.63) is 58.6 Å². The lowest BCUT2D eigenvalue weighted by Gasteiger charge is -2.30. The number of hydrogen-bond donors (Lipinski definition) is 1. The number of sulfonamides is 1. The van der Waals surface area contributed by atoms with Crippen molar-refractivity contribution in [2.75, 3.05) is 18.4 Å². The zero-order valence-corrected chi connectivity index (χ0v) is 19.3. The molecule has 32 heavy (non-hydrogen) atoms. The van der Waals surface area contributed by atoms with E-state index in [4.69, 9.17) is 16.0 Å². The summed E-state index contributed by atoms with van der Waals surface area (Å²) in [4.78, 5) is 12.9. The second-order valence-electron chi connectivity index (χ2n) is 7.85. The van der Waals surface area contributed by atoms with Gasteiger partial charge in [0.05, 0.1) is 4.90 Å². The van der Waals surface area contributed by atoms with Crippen LogP contribution >= 0.6 is 11.6 Å². The van der Waals surface area contributed by atoms with Gasteiger partial charge in [0.25, 0.3) is 0 Å². The number of carbonyl (C=O) groups is 1. The van der Waals surface area contributed by atoms with Gasteiger partial charge in [-0.15, -0.1) is 5.10 Å². The summed E-state index contributed by atoms with van der Waals surface area (Å²) in [5.41, 5.74) is 2.87. The fraction of sp³-hybridized carbons (Fsp3) is 0.318. The normalized spacial score (nSPS) is 15.6. The van der Waals surface area contributed by atoms with Gasteiger partial charge in [0.2, 0.25) is 21.8 Å². The molecule has 1 N–H and O–H groups in total. The van der Waals surface area contributed by atoms with Gasteiger partial charge in [0.15, 0.2) is 0 Å². The second-order valence-corrected chi connectivity index (χ2v) is 10.2. The lowest BCUT2D eigenvalue weighted by Crippen LogP contribution is -2.41. The molecule has 1 fully saturated rings. The molecule has 0 saturated carbocycles. The van der Waals surface area contributed by atoms with E-state index in [9.17, 15) is 13.2 Å². The van der Waals surface area contributed by atoms with Gasteiger partial charge in [-0.05, 0) is 62.6 Å². The van der Waals surface area contributed by atoms with Crippen molar-refractivity contribution in [3.63, 3.8) is 0 Å². The van der Waals surface area contributed by atoms with Crippen LogP contribution in [0.15, 0.2) is 51.8 Å². The van der Waals surface area contributed by atoms with Crippen molar-refractivity contribution in [1.29, 1.82) is 0 Å². The highest BCUT2D eigenvalue weighted by Gasteiger charge is 2.32. The Hall–Kier alpha value is -2.75. The second kappa shape index (κ2) is 9.01. The molecule has 1 aliphatic heterocycles. The van der Waals surface area contributed by atoms with Crippen LogP contribution < -0.4 is 5.32 Å². The van der Waals surface area contributed by atoms with E-state index in [0.29, 0.717) is 23.8 Å². The van der Waals surface area contributed by atoms with Crippen LogP contribution in [0.3, 0.4) is 0 Å². The van der Waals surface area contributed by atoms with E-state index in [0.717, 1.165) is 16.7 Å². The van der Waals surface area contributed by atoms with E-state index in [1.807, 2.05) is 32.0 Å². The Labute approximate surface area is 191 Å². The van der Waals surface area contributed by atoms with Crippen molar-refractivity contribution >= 4 is 33.5 Å². The summed E-state index contributed by atoms with van der Waals surface area (Å²) in [6.45, 7) is 4.42. The lowest BCUT2D eigenvalue weighted by atomic mass is 9.97. The molecule has 0 aliphatic carbocycles. The first kappa shape index (κ1) is 22.4. The quantitative estimate of drug-likeness (QED) is 0.598. The Morgan fingerprint density at radius 2 is 1.78 bits per heavy atom. The zero-order chi connectivity index (χ0) is 22.9. The first-order valence-electron chi connectivity index (χ1n) is 10.2. The Kier molecular flexibility index (Phi) is 6.32. The molecule has 0 radical (unpaired) electrons. The number of rotatable bonds is 5. The summed E-state index contributed by atoms with van der Waals surface area (Å²) in [6, 6.07) is 12.0. The highest BCUT2D eigenvalue weighted by atomic mass is 35.5. The molecule has 1 aliphatic rings. The van der Waals surface area contributed by atoms with E-state index in [1.165, 1.54) is 16.4 Å². The number of carbonyl (C=O) groups excluding carboxylic acids is 1. The minimum absolute atomic E-state index is 0.0297. The third-order valence-electron chi connectivity index (χ3n) is 5.55. The van der Waals surface area contributed by atoms with Gasteiger partial charge < -0.3 is 4.42 Å². The first-order valence-corrected chi connectivity index (χ1v) is 12.0. The maximum atomic E-state index is 12.8. The number of aromatic nitrogens is 2. The third kappa shape index (κ3) is 4.69. The monoisotopic (exact) mass is 474 g/mol. The van der Waals surface area contributed by atoms with Crippen molar-refractivity contribution in [2.24, 2.45) is 5.92 Å². The fourth-order valence-electron chi connectivity index (χ4n) is 3.67. The van der Waals surface area contributed by atoms with Crippen LogP contribution in [0, 0.1) is 19.8 Å². The molecule has 0 spiro atoms. The molecule has 1 amide bonds. The largest absolute Gasteiger partial charge is 0.403 e. The van der Waals surface area contributed by atoms with Gasteiger partial charge in [0, 0.05) is 29.6 Å². The van der Waals surface area contributed by atoms with Crippen LogP contribution in [0.5, 0.6) is 0 Å². The molecular formula is C22H23ClN4O4S.